The Balaban J connectivity index is 0.000000421. The number of hydrazine groups is 1. The second kappa shape index (κ2) is 8.54. The largest absolute Gasteiger partial charge is 0.408 e. The van der Waals surface area contributed by atoms with Crippen LogP contribution in [0.15, 0.2) is 4.42 Å². The molecule has 0 atom stereocenters. The van der Waals surface area contributed by atoms with E-state index in [1.54, 1.807) is 5.43 Å². The normalized spacial score (nSPS) is 14.9. The van der Waals surface area contributed by atoms with Gasteiger partial charge < -0.3 is 15.9 Å². The maximum Gasteiger partial charge on any atom is 0.326 e. The summed E-state index contributed by atoms with van der Waals surface area (Å²) in [6, 6.07) is -0.527. The van der Waals surface area contributed by atoms with Crippen molar-refractivity contribution in [3.05, 3.63) is 5.89 Å². The fourth-order valence-corrected chi connectivity index (χ4v) is 1.76. The fourth-order valence-electron chi connectivity index (χ4n) is 1.76. The van der Waals surface area contributed by atoms with Crippen LogP contribution in [0.2, 0.25) is 0 Å². The number of amides is 2. The molecule has 1 fully saturated rings. The van der Waals surface area contributed by atoms with Gasteiger partial charge >= 0.3 is 12.0 Å². The summed E-state index contributed by atoms with van der Waals surface area (Å²) < 4.78 is 5.18. The second-order valence-corrected chi connectivity index (χ2v) is 3.82. The molecule has 104 valence electrons. The van der Waals surface area contributed by atoms with Crippen LogP contribution >= 0.6 is 12.4 Å². The van der Waals surface area contributed by atoms with Gasteiger partial charge in [0, 0.05) is 5.92 Å². The number of anilines is 1. The van der Waals surface area contributed by atoms with Gasteiger partial charge in [-0.15, -0.1) is 17.5 Å². The van der Waals surface area contributed by atoms with Gasteiger partial charge in [0.1, 0.15) is 0 Å². The molecule has 1 aromatic heterocycles. The van der Waals surface area contributed by atoms with Crippen molar-refractivity contribution < 1.29 is 9.21 Å². The summed E-state index contributed by atoms with van der Waals surface area (Å²) in [5, 5.41) is 7.55. The summed E-state index contributed by atoms with van der Waals surface area (Å²) in [5.74, 6) is 5.64. The first-order valence-corrected chi connectivity index (χ1v) is 5.48. The predicted octanol–water partition coefficient (Wildman–Crippen LogP) is 0.650. The topological polar surface area (TPSA) is 146 Å². The number of nitrogens with two attached hydrogens (primary N) is 3. The molecule has 0 spiro atoms. The Labute approximate surface area is 111 Å². The molecule has 1 aliphatic carbocycles. The third-order valence-corrected chi connectivity index (χ3v) is 2.55. The van der Waals surface area contributed by atoms with Crippen molar-refractivity contribution in [2.45, 2.75) is 38.0 Å². The van der Waals surface area contributed by atoms with Gasteiger partial charge in [0.25, 0.3) is 0 Å². The molecule has 0 aliphatic heterocycles. The highest BCUT2D eigenvalue weighted by molar-refractivity contribution is 5.85. The predicted molar refractivity (Wildman–Crippen MR) is 68.7 cm³/mol. The Morgan fingerprint density at radius 3 is 2.22 bits per heavy atom. The zero-order valence-electron chi connectivity index (χ0n) is 9.96. The number of carbonyl (C=O) groups excluding carboxylic acids is 1. The molecule has 1 aromatic rings. The van der Waals surface area contributed by atoms with Gasteiger partial charge in [-0.1, -0.05) is 24.4 Å². The van der Waals surface area contributed by atoms with Gasteiger partial charge in [-0.2, -0.15) is 0 Å². The average molecular weight is 279 g/mol. The molecule has 1 saturated carbocycles. The molecule has 0 unspecified atom stereocenters. The molecule has 0 bridgehead atoms. The number of hydrogen-bond acceptors (Lipinski definition) is 6. The number of carbonyl (C=O) groups is 1. The minimum absolute atomic E-state index is 0. The van der Waals surface area contributed by atoms with Crippen molar-refractivity contribution in [3.63, 3.8) is 0 Å². The van der Waals surface area contributed by atoms with Crippen LogP contribution in [0.1, 0.15) is 43.9 Å². The molecule has 9 heteroatoms. The maximum absolute atomic E-state index is 9.35. The molecular weight excluding hydrogens is 260 g/mol. The summed E-state index contributed by atoms with van der Waals surface area (Å²) in [4.78, 5) is 9.35. The number of urea groups is 1. The SMILES string of the molecule is Cl.NNC(N)=O.Nc1nnc(C2CCCCC2)o1. The summed E-state index contributed by atoms with van der Waals surface area (Å²) in [5.41, 5.74) is 11.4. The first kappa shape index (κ1) is 16.5. The van der Waals surface area contributed by atoms with Crippen LogP contribution < -0.4 is 22.7 Å². The number of nitrogens with zero attached hydrogens (tertiary/aromatic N) is 2. The van der Waals surface area contributed by atoms with E-state index in [0.717, 1.165) is 5.89 Å². The Morgan fingerprint density at radius 1 is 1.28 bits per heavy atom. The molecular formula is C9H19ClN6O2. The van der Waals surface area contributed by atoms with Crippen LogP contribution in [0.5, 0.6) is 0 Å². The van der Waals surface area contributed by atoms with Crippen LogP contribution in [0.4, 0.5) is 10.8 Å². The Morgan fingerprint density at radius 2 is 1.83 bits per heavy atom. The van der Waals surface area contributed by atoms with Gasteiger partial charge in [0.2, 0.25) is 5.89 Å². The second-order valence-electron chi connectivity index (χ2n) is 3.82. The Hall–Kier alpha value is -1.54. The first-order valence-electron chi connectivity index (χ1n) is 5.48. The molecule has 2 amide bonds. The van der Waals surface area contributed by atoms with E-state index in [0.29, 0.717) is 5.92 Å². The van der Waals surface area contributed by atoms with Gasteiger partial charge in [-0.25, -0.2) is 10.6 Å². The van der Waals surface area contributed by atoms with Crippen molar-refractivity contribution >= 4 is 24.5 Å². The molecule has 7 N–H and O–H groups in total. The van der Waals surface area contributed by atoms with E-state index in [1.807, 2.05) is 0 Å². The number of aromatic nitrogens is 2. The van der Waals surface area contributed by atoms with E-state index in [1.165, 1.54) is 32.1 Å². The van der Waals surface area contributed by atoms with E-state index in [9.17, 15) is 4.79 Å². The summed E-state index contributed by atoms with van der Waals surface area (Å²) in [6.07, 6.45) is 6.21. The van der Waals surface area contributed by atoms with Crippen LogP contribution in [-0.2, 0) is 0 Å². The maximum atomic E-state index is 9.35. The quantitative estimate of drug-likeness (QED) is 0.337. The smallest absolute Gasteiger partial charge is 0.326 e. The van der Waals surface area contributed by atoms with Crippen molar-refractivity contribution in [1.29, 1.82) is 0 Å². The molecule has 18 heavy (non-hydrogen) atoms. The van der Waals surface area contributed by atoms with Crippen molar-refractivity contribution in [2.24, 2.45) is 11.6 Å². The lowest BCUT2D eigenvalue weighted by atomic mass is 9.89. The summed E-state index contributed by atoms with van der Waals surface area (Å²) in [7, 11) is 0. The molecule has 2 rings (SSSR count). The standard InChI is InChI=1S/C8H13N3O.CH5N3O.ClH/c9-8-11-10-7(12-8)6-4-2-1-3-5-6;2-1(5)4-3;/h6H,1-5H2,(H2,9,11);3H2,(H3,2,4,5);1H. The third kappa shape index (κ3) is 5.69. The minimum atomic E-state index is -0.718. The zero-order valence-corrected chi connectivity index (χ0v) is 10.8. The number of hydrogen-bond donors (Lipinski definition) is 4. The van der Waals surface area contributed by atoms with Crippen LogP contribution in [0.3, 0.4) is 0 Å². The highest BCUT2D eigenvalue weighted by Crippen LogP contribution is 2.31. The molecule has 1 aliphatic rings. The Bertz CT molecular complexity index is 353. The summed E-state index contributed by atoms with van der Waals surface area (Å²) >= 11 is 0. The monoisotopic (exact) mass is 278 g/mol. The third-order valence-electron chi connectivity index (χ3n) is 2.55. The number of rotatable bonds is 1. The fraction of sp³-hybridized carbons (Fsp3) is 0.667. The highest BCUT2D eigenvalue weighted by atomic mass is 35.5. The lowest BCUT2D eigenvalue weighted by molar-refractivity contribution is 0.249. The van der Waals surface area contributed by atoms with Gasteiger partial charge in [0.05, 0.1) is 0 Å². The molecule has 0 saturated heterocycles. The van der Waals surface area contributed by atoms with Crippen LogP contribution in [-0.4, -0.2) is 16.2 Å². The van der Waals surface area contributed by atoms with E-state index in [-0.39, 0.29) is 18.4 Å². The minimum Gasteiger partial charge on any atom is -0.408 e. The van der Waals surface area contributed by atoms with E-state index >= 15 is 0 Å². The van der Waals surface area contributed by atoms with Gasteiger partial charge in [-0.05, 0) is 12.8 Å². The van der Waals surface area contributed by atoms with Crippen molar-refractivity contribution in [3.8, 4) is 0 Å². The zero-order chi connectivity index (χ0) is 12.7. The van der Waals surface area contributed by atoms with E-state index in [4.69, 9.17) is 10.2 Å². The lowest BCUT2D eigenvalue weighted by Crippen LogP contribution is -2.34. The number of nitrogen functional groups attached to an aromatic ring is 1. The Kier molecular flexibility index (Phi) is 7.81. The molecule has 8 nitrogen and oxygen atoms in total. The average Bonchev–Trinajstić information content (AvgIpc) is 2.78. The molecule has 1 heterocycles. The van der Waals surface area contributed by atoms with Crippen molar-refractivity contribution in [1.82, 2.24) is 15.6 Å². The molecule has 0 aromatic carbocycles. The number of halogens is 1. The highest BCUT2D eigenvalue weighted by Gasteiger charge is 2.20. The van der Waals surface area contributed by atoms with Crippen LogP contribution in [0, 0.1) is 0 Å². The van der Waals surface area contributed by atoms with Gasteiger partial charge in [0.15, 0.2) is 0 Å². The number of nitrogens with one attached hydrogen (secondary N) is 1. The van der Waals surface area contributed by atoms with Gasteiger partial charge in [-0.3, -0.25) is 5.43 Å². The van der Waals surface area contributed by atoms with Crippen molar-refractivity contribution in [2.75, 3.05) is 5.73 Å². The number of primary amides is 1. The summed E-state index contributed by atoms with van der Waals surface area (Å²) in [6.45, 7) is 0. The molecule has 0 radical (unpaired) electrons. The lowest BCUT2D eigenvalue weighted by Gasteiger charge is -2.17. The van der Waals surface area contributed by atoms with Crippen LogP contribution in [0.25, 0.3) is 0 Å². The first-order chi connectivity index (χ1) is 8.13. The van der Waals surface area contributed by atoms with E-state index < -0.39 is 6.03 Å². The van der Waals surface area contributed by atoms with E-state index in [2.05, 4.69) is 21.8 Å².